The number of nitrogens with zero attached hydrogens (tertiary/aromatic N) is 2. The largest absolute Gasteiger partial charge is 0.492 e. The molecule has 1 unspecified atom stereocenters. The van der Waals surface area contributed by atoms with Gasteiger partial charge in [0, 0.05) is 32.1 Å². The molecule has 0 radical (unpaired) electrons. The fourth-order valence-corrected chi connectivity index (χ4v) is 3.78. The van der Waals surface area contributed by atoms with Crippen LogP contribution in [-0.4, -0.2) is 54.4 Å². The highest BCUT2D eigenvalue weighted by atomic mass is 16.5. The van der Waals surface area contributed by atoms with Gasteiger partial charge >= 0.3 is 0 Å². The summed E-state index contributed by atoms with van der Waals surface area (Å²) < 4.78 is 5.66. The maximum atomic E-state index is 13.4. The van der Waals surface area contributed by atoms with E-state index in [0.29, 0.717) is 44.2 Å². The number of nitrogens with one attached hydrogen (secondary N) is 1. The summed E-state index contributed by atoms with van der Waals surface area (Å²) in [5.41, 5.74) is 1.60. The Morgan fingerprint density at radius 1 is 0.967 bits per heavy atom. The van der Waals surface area contributed by atoms with Gasteiger partial charge in [0.1, 0.15) is 11.8 Å². The summed E-state index contributed by atoms with van der Waals surface area (Å²) in [7, 11) is 0. The number of carbonyl (C=O) groups excluding carboxylic acids is 2. The van der Waals surface area contributed by atoms with Gasteiger partial charge in [-0.2, -0.15) is 0 Å². The number of amides is 2. The van der Waals surface area contributed by atoms with Crippen LogP contribution in [0.1, 0.15) is 32.4 Å². The van der Waals surface area contributed by atoms with Gasteiger partial charge in [-0.25, -0.2) is 0 Å². The van der Waals surface area contributed by atoms with E-state index in [9.17, 15) is 9.59 Å². The fourth-order valence-electron chi connectivity index (χ4n) is 3.78. The van der Waals surface area contributed by atoms with Crippen LogP contribution >= 0.6 is 0 Å². The molecule has 2 aromatic carbocycles. The highest BCUT2D eigenvalue weighted by Crippen LogP contribution is 2.28. The smallest absolute Gasteiger partial charge is 0.246 e. The molecule has 6 heteroatoms. The van der Waals surface area contributed by atoms with Crippen molar-refractivity contribution < 1.29 is 14.3 Å². The van der Waals surface area contributed by atoms with Crippen molar-refractivity contribution in [2.75, 3.05) is 38.1 Å². The van der Waals surface area contributed by atoms with Crippen molar-refractivity contribution in [1.82, 2.24) is 9.80 Å². The van der Waals surface area contributed by atoms with Crippen molar-refractivity contribution in [2.45, 2.75) is 26.8 Å². The van der Waals surface area contributed by atoms with E-state index in [4.69, 9.17) is 4.74 Å². The van der Waals surface area contributed by atoms with E-state index in [1.807, 2.05) is 80.3 Å². The molecule has 160 valence electrons. The van der Waals surface area contributed by atoms with Crippen LogP contribution in [0.4, 0.5) is 5.69 Å². The van der Waals surface area contributed by atoms with E-state index in [0.717, 1.165) is 5.56 Å². The molecule has 1 aliphatic rings. The molecule has 0 spiro atoms. The van der Waals surface area contributed by atoms with Gasteiger partial charge in [0.2, 0.25) is 11.8 Å². The molecule has 0 aromatic heterocycles. The second kappa shape index (κ2) is 10.3. The zero-order valence-electron chi connectivity index (χ0n) is 18.0. The van der Waals surface area contributed by atoms with Gasteiger partial charge < -0.3 is 15.0 Å². The van der Waals surface area contributed by atoms with E-state index >= 15 is 0 Å². The molecule has 1 heterocycles. The maximum Gasteiger partial charge on any atom is 0.246 e. The van der Waals surface area contributed by atoms with Crippen molar-refractivity contribution in [3.63, 3.8) is 0 Å². The van der Waals surface area contributed by atoms with Crippen LogP contribution in [0, 0.1) is 5.92 Å². The molecular formula is C24H31N3O3. The Hall–Kier alpha value is -2.86. The molecule has 0 aliphatic carbocycles. The number of piperazine rings is 1. The third kappa shape index (κ3) is 5.19. The van der Waals surface area contributed by atoms with Gasteiger partial charge in [-0.05, 0) is 24.6 Å². The van der Waals surface area contributed by atoms with Crippen molar-refractivity contribution >= 4 is 17.5 Å². The van der Waals surface area contributed by atoms with Crippen molar-refractivity contribution in [2.24, 2.45) is 5.92 Å². The predicted octanol–water partition coefficient (Wildman–Crippen LogP) is 3.57. The average Bonchev–Trinajstić information content (AvgIpc) is 2.76. The normalized spacial score (nSPS) is 15.7. The summed E-state index contributed by atoms with van der Waals surface area (Å²) in [5.74, 6) is 0.713. The Labute approximate surface area is 178 Å². The first kappa shape index (κ1) is 21.8. The molecule has 30 heavy (non-hydrogen) atoms. The molecule has 1 saturated heterocycles. The second-order valence-corrected chi connectivity index (χ2v) is 7.75. The van der Waals surface area contributed by atoms with Crippen LogP contribution in [0.5, 0.6) is 5.75 Å². The number of hydrogen-bond acceptors (Lipinski definition) is 4. The number of carbonyl (C=O) groups is 2. The number of anilines is 1. The van der Waals surface area contributed by atoms with Crippen LogP contribution < -0.4 is 10.1 Å². The molecule has 0 saturated carbocycles. The maximum absolute atomic E-state index is 13.4. The lowest BCUT2D eigenvalue weighted by Crippen LogP contribution is -2.52. The topological polar surface area (TPSA) is 61.9 Å². The van der Waals surface area contributed by atoms with E-state index in [-0.39, 0.29) is 17.7 Å². The quantitative estimate of drug-likeness (QED) is 0.760. The lowest BCUT2D eigenvalue weighted by atomic mass is 10.0. The minimum Gasteiger partial charge on any atom is -0.492 e. The zero-order valence-corrected chi connectivity index (χ0v) is 18.0. The second-order valence-electron chi connectivity index (χ2n) is 7.75. The Morgan fingerprint density at radius 3 is 2.23 bits per heavy atom. The van der Waals surface area contributed by atoms with Crippen LogP contribution in [0.15, 0.2) is 54.6 Å². The van der Waals surface area contributed by atoms with Crippen molar-refractivity contribution in [3.8, 4) is 5.75 Å². The molecule has 1 N–H and O–H groups in total. The fraction of sp³-hybridized carbons (Fsp3) is 0.417. The van der Waals surface area contributed by atoms with E-state index in [1.54, 1.807) is 0 Å². The zero-order chi connectivity index (χ0) is 21.5. The number of para-hydroxylation sites is 2. The highest BCUT2D eigenvalue weighted by molar-refractivity contribution is 5.96. The molecule has 2 aromatic rings. The van der Waals surface area contributed by atoms with Gasteiger partial charge in [-0.3, -0.25) is 14.5 Å². The highest BCUT2D eigenvalue weighted by Gasteiger charge is 2.32. The Bertz CT molecular complexity index is 846. The molecule has 0 bridgehead atoms. The Balaban J connectivity index is 1.79. The number of rotatable bonds is 7. The minimum absolute atomic E-state index is 0.0140. The minimum atomic E-state index is -0.433. The van der Waals surface area contributed by atoms with Gasteiger partial charge in [-0.15, -0.1) is 0 Å². The summed E-state index contributed by atoms with van der Waals surface area (Å²) in [4.78, 5) is 29.8. The lowest BCUT2D eigenvalue weighted by molar-refractivity contribution is -0.137. The number of benzene rings is 2. The molecule has 3 rings (SSSR count). The Kier molecular flexibility index (Phi) is 7.46. The summed E-state index contributed by atoms with van der Waals surface area (Å²) >= 11 is 0. The number of ether oxygens (including phenoxy) is 1. The molecule has 1 fully saturated rings. The van der Waals surface area contributed by atoms with Crippen molar-refractivity contribution in [1.29, 1.82) is 0 Å². The first-order chi connectivity index (χ1) is 14.5. The summed E-state index contributed by atoms with van der Waals surface area (Å²) in [6, 6.07) is 16.8. The van der Waals surface area contributed by atoms with Crippen LogP contribution in [0.25, 0.3) is 0 Å². The van der Waals surface area contributed by atoms with Crippen LogP contribution in [0.2, 0.25) is 0 Å². The first-order valence-electron chi connectivity index (χ1n) is 10.6. The van der Waals surface area contributed by atoms with E-state index in [1.165, 1.54) is 0 Å². The molecular weight excluding hydrogens is 378 g/mol. The standard InChI is InChI=1S/C24H31N3O3/c1-4-30-21-13-9-8-12-20(21)25-23(28)22(19-10-6-5-7-11-19)26-14-16-27(17-15-26)24(29)18(2)3/h5-13,18,22H,4,14-17H2,1-3H3,(H,25,28). The van der Waals surface area contributed by atoms with Gasteiger partial charge in [0.05, 0.1) is 12.3 Å². The summed E-state index contributed by atoms with van der Waals surface area (Å²) in [6.07, 6.45) is 0. The predicted molar refractivity (Wildman–Crippen MR) is 118 cm³/mol. The average molecular weight is 410 g/mol. The first-order valence-corrected chi connectivity index (χ1v) is 10.6. The number of hydrogen-bond donors (Lipinski definition) is 1. The van der Waals surface area contributed by atoms with Crippen LogP contribution in [-0.2, 0) is 9.59 Å². The molecule has 1 atom stereocenters. The van der Waals surface area contributed by atoms with Gasteiger partial charge in [-0.1, -0.05) is 56.3 Å². The summed E-state index contributed by atoms with van der Waals surface area (Å²) in [6.45, 7) is 8.85. The molecule has 6 nitrogen and oxygen atoms in total. The van der Waals surface area contributed by atoms with Crippen LogP contribution in [0.3, 0.4) is 0 Å². The van der Waals surface area contributed by atoms with E-state index in [2.05, 4.69) is 10.2 Å². The lowest BCUT2D eigenvalue weighted by Gasteiger charge is -2.39. The third-order valence-corrected chi connectivity index (χ3v) is 5.29. The van der Waals surface area contributed by atoms with E-state index < -0.39 is 6.04 Å². The van der Waals surface area contributed by atoms with Gasteiger partial charge in [0.15, 0.2) is 0 Å². The van der Waals surface area contributed by atoms with Gasteiger partial charge in [0.25, 0.3) is 0 Å². The SMILES string of the molecule is CCOc1ccccc1NC(=O)C(c1ccccc1)N1CCN(C(=O)C(C)C)CC1. The van der Waals surface area contributed by atoms with Crippen molar-refractivity contribution in [3.05, 3.63) is 60.2 Å². The molecule has 2 amide bonds. The third-order valence-electron chi connectivity index (χ3n) is 5.29. The monoisotopic (exact) mass is 409 g/mol. The summed E-state index contributed by atoms with van der Waals surface area (Å²) in [5, 5.41) is 3.06. The Morgan fingerprint density at radius 2 is 1.60 bits per heavy atom. The molecule has 1 aliphatic heterocycles.